The molecule has 1 aliphatic carbocycles. The third-order valence-electron chi connectivity index (χ3n) is 7.19. The van der Waals surface area contributed by atoms with Gasteiger partial charge >= 0.3 is 5.97 Å². The van der Waals surface area contributed by atoms with Crippen LogP contribution in [0.1, 0.15) is 38.2 Å². The van der Waals surface area contributed by atoms with Crippen LogP contribution in [-0.4, -0.2) is 42.3 Å². The van der Waals surface area contributed by atoms with E-state index in [1.165, 1.54) is 7.11 Å². The van der Waals surface area contributed by atoms with Crippen LogP contribution in [0.3, 0.4) is 0 Å². The van der Waals surface area contributed by atoms with Gasteiger partial charge in [0.25, 0.3) is 0 Å². The van der Waals surface area contributed by atoms with Crippen molar-refractivity contribution >= 4 is 23.3 Å². The number of carbonyl (C=O) groups is 3. The Morgan fingerprint density at radius 1 is 1.26 bits per heavy atom. The lowest BCUT2D eigenvalue weighted by atomic mass is 9.53. The molecule has 2 fully saturated rings. The molecule has 140 valence electrons. The summed E-state index contributed by atoms with van der Waals surface area (Å²) in [6.07, 6.45) is 1.87. The number of anilines is 1. The van der Waals surface area contributed by atoms with Crippen molar-refractivity contribution in [3.63, 3.8) is 0 Å². The second-order valence-corrected chi connectivity index (χ2v) is 8.12. The normalized spacial score (nSPS) is 33.2. The number of hydrogen-bond acceptors (Lipinski definition) is 5. The molecule has 6 heteroatoms. The number of benzene rings is 1. The van der Waals surface area contributed by atoms with Crippen LogP contribution in [0.4, 0.5) is 5.69 Å². The number of methoxy groups -OCH3 is 1. The summed E-state index contributed by atoms with van der Waals surface area (Å²) in [4.78, 5) is 40.4. The fourth-order valence-corrected chi connectivity index (χ4v) is 6.11. The van der Waals surface area contributed by atoms with E-state index in [0.717, 1.165) is 16.9 Å². The SMILES string of the molecule is COC(=O)C1=C2Nc3ccccc3[C@@]23CCN2C(=O)CC[C@@](C(C)=O)(C1)[C@H]23. The van der Waals surface area contributed by atoms with Gasteiger partial charge in [-0.3, -0.25) is 9.59 Å². The van der Waals surface area contributed by atoms with Gasteiger partial charge in [0.05, 0.1) is 29.6 Å². The molecule has 0 bridgehead atoms. The molecule has 0 unspecified atom stereocenters. The van der Waals surface area contributed by atoms with Crippen LogP contribution in [0, 0.1) is 5.41 Å². The number of amides is 1. The summed E-state index contributed by atoms with van der Waals surface area (Å²) in [6.45, 7) is 2.21. The Morgan fingerprint density at radius 2 is 2.04 bits per heavy atom. The molecular weight excluding hydrogens is 344 g/mol. The quantitative estimate of drug-likeness (QED) is 0.812. The molecule has 5 rings (SSSR count). The zero-order chi connectivity index (χ0) is 19.0. The molecule has 0 saturated carbocycles. The molecule has 0 aromatic heterocycles. The Balaban J connectivity index is 1.85. The van der Waals surface area contributed by atoms with Gasteiger partial charge in [-0.15, -0.1) is 0 Å². The number of esters is 1. The Hall–Kier alpha value is -2.63. The minimum Gasteiger partial charge on any atom is -0.466 e. The second-order valence-electron chi connectivity index (χ2n) is 8.12. The average Bonchev–Trinajstić information content (AvgIpc) is 3.24. The van der Waals surface area contributed by atoms with Crippen molar-refractivity contribution in [2.45, 2.75) is 44.1 Å². The first kappa shape index (κ1) is 16.5. The number of rotatable bonds is 2. The molecule has 27 heavy (non-hydrogen) atoms. The van der Waals surface area contributed by atoms with Crippen LogP contribution >= 0.6 is 0 Å². The molecule has 1 spiro atoms. The van der Waals surface area contributed by atoms with Crippen LogP contribution in [0.2, 0.25) is 0 Å². The fourth-order valence-electron chi connectivity index (χ4n) is 6.11. The molecular formula is C21H22N2O4. The maximum absolute atomic E-state index is 13.0. The van der Waals surface area contributed by atoms with E-state index < -0.39 is 10.8 Å². The molecule has 6 nitrogen and oxygen atoms in total. The van der Waals surface area contributed by atoms with Gasteiger partial charge in [-0.25, -0.2) is 4.79 Å². The zero-order valence-electron chi connectivity index (χ0n) is 15.5. The summed E-state index contributed by atoms with van der Waals surface area (Å²) in [5, 5.41) is 3.45. The van der Waals surface area contributed by atoms with Gasteiger partial charge in [-0.2, -0.15) is 0 Å². The number of para-hydroxylation sites is 1. The van der Waals surface area contributed by atoms with Crippen LogP contribution in [-0.2, 0) is 24.5 Å². The van der Waals surface area contributed by atoms with Gasteiger partial charge in [0.15, 0.2) is 0 Å². The predicted molar refractivity (Wildman–Crippen MR) is 97.9 cm³/mol. The van der Waals surface area contributed by atoms with Gasteiger partial charge in [-0.05, 0) is 37.8 Å². The van der Waals surface area contributed by atoms with Gasteiger partial charge in [0.1, 0.15) is 5.78 Å². The molecule has 2 saturated heterocycles. The minimum atomic E-state index is -0.740. The van der Waals surface area contributed by atoms with Crippen LogP contribution in [0.15, 0.2) is 35.5 Å². The second kappa shape index (κ2) is 5.21. The number of carbonyl (C=O) groups excluding carboxylic acids is 3. The number of ether oxygens (including phenoxy) is 1. The van der Waals surface area contributed by atoms with Crippen LogP contribution < -0.4 is 5.32 Å². The smallest absolute Gasteiger partial charge is 0.335 e. The topological polar surface area (TPSA) is 75.7 Å². The maximum Gasteiger partial charge on any atom is 0.335 e. The number of piperidine rings is 1. The molecule has 0 radical (unpaired) electrons. The van der Waals surface area contributed by atoms with Crippen molar-refractivity contribution in [3.8, 4) is 0 Å². The molecule has 1 aromatic carbocycles. The molecule has 3 atom stereocenters. The predicted octanol–water partition coefficient (Wildman–Crippen LogP) is 2.15. The van der Waals surface area contributed by atoms with E-state index in [9.17, 15) is 14.4 Å². The van der Waals surface area contributed by atoms with Crippen molar-refractivity contribution in [2.24, 2.45) is 5.41 Å². The summed E-state index contributed by atoms with van der Waals surface area (Å²) in [5.74, 6) is -0.228. The number of nitrogens with zero attached hydrogens (tertiary/aromatic N) is 1. The first-order valence-corrected chi connectivity index (χ1v) is 9.45. The van der Waals surface area contributed by atoms with E-state index in [1.54, 1.807) is 6.92 Å². The summed E-state index contributed by atoms with van der Waals surface area (Å²) < 4.78 is 5.10. The van der Waals surface area contributed by atoms with E-state index in [1.807, 2.05) is 23.1 Å². The Morgan fingerprint density at radius 3 is 2.78 bits per heavy atom. The largest absolute Gasteiger partial charge is 0.466 e. The van der Waals surface area contributed by atoms with Gasteiger partial charge < -0.3 is 15.0 Å². The summed E-state index contributed by atoms with van der Waals surface area (Å²) in [5.41, 5.74) is 2.13. The average molecular weight is 366 g/mol. The lowest BCUT2D eigenvalue weighted by Crippen LogP contribution is -2.63. The van der Waals surface area contributed by atoms with Crippen LogP contribution in [0.5, 0.6) is 0 Å². The highest BCUT2D eigenvalue weighted by molar-refractivity contribution is 5.98. The van der Waals surface area contributed by atoms with Crippen molar-refractivity contribution in [3.05, 3.63) is 41.1 Å². The molecule has 1 aromatic rings. The first-order valence-electron chi connectivity index (χ1n) is 9.45. The fraction of sp³-hybridized carbons (Fsp3) is 0.476. The van der Waals surface area contributed by atoms with Gasteiger partial charge in [0, 0.05) is 24.4 Å². The van der Waals surface area contributed by atoms with Gasteiger partial charge in [0.2, 0.25) is 5.91 Å². The maximum atomic E-state index is 13.0. The zero-order valence-corrected chi connectivity index (χ0v) is 15.5. The number of Topliss-reactive ketones (excluding diaryl/α,β-unsaturated/α-hetero) is 1. The molecule has 3 heterocycles. The Labute approximate surface area is 157 Å². The van der Waals surface area contributed by atoms with Crippen molar-refractivity contribution in [1.82, 2.24) is 4.90 Å². The number of hydrogen-bond donors (Lipinski definition) is 1. The summed E-state index contributed by atoms with van der Waals surface area (Å²) >= 11 is 0. The lowest BCUT2D eigenvalue weighted by molar-refractivity contribution is -0.150. The minimum absolute atomic E-state index is 0.0520. The highest BCUT2D eigenvalue weighted by Crippen LogP contribution is 2.64. The third kappa shape index (κ3) is 1.78. The van der Waals surface area contributed by atoms with E-state index in [0.29, 0.717) is 37.8 Å². The summed E-state index contributed by atoms with van der Waals surface area (Å²) in [7, 11) is 1.38. The van der Waals surface area contributed by atoms with Gasteiger partial charge in [-0.1, -0.05) is 18.2 Å². The number of ketones is 1. The summed E-state index contributed by atoms with van der Waals surface area (Å²) in [6, 6.07) is 7.74. The van der Waals surface area contributed by atoms with Crippen molar-refractivity contribution < 1.29 is 19.1 Å². The lowest BCUT2D eigenvalue weighted by Gasteiger charge is -2.54. The Kier molecular flexibility index (Phi) is 3.19. The van der Waals surface area contributed by atoms with E-state index in [2.05, 4.69) is 11.4 Å². The Bertz CT molecular complexity index is 936. The highest BCUT2D eigenvalue weighted by Gasteiger charge is 2.69. The standard InChI is InChI=1S/C21H22N2O4/c1-12(24)20-8-7-16(25)23-10-9-21(19(20)23)14-5-3-4-6-15(14)22-17(21)13(11-20)18(26)27-2/h3-6,19,22H,7-11H2,1-2H3/t19-,20-,21-/m0/s1. The number of nitrogens with one attached hydrogen (secondary N) is 1. The van der Waals surface area contributed by atoms with Crippen molar-refractivity contribution in [2.75, 3.05) is 19.0 Å². The molecule has 1 N–H and O–H groups in total. The van der Waals surface area contributed by atoms with Crippen LogP contribution in [0.25, 0.3) is 0 Å². The molecule has 1 amide bonds. The third-order valence-corrected chi connectivity index (χ3v) is 7.19. The van der Waals surface area contributed by atoms with E-state index >= 15 is 0 Å². The van der Waals surface area contributed by atoms with E-state index in [-0.39, 0.29) is 23.7 Å². The molecule has 4 aliphatic rings. The monoisotopic (exact) mass is 366 g/mol. The number of fused-ring (bicyclic) bond motifs is 1. The first-order chi connectivity index (χ1) is 13.0. The van der Waals surface area contributed by atoms with Crippen molar-refractivity contribution in [1.29, 1.82) is 0 Å². The highest BCUT2D eigenvalue weighted by atomic mass is 16.5. The van der Waals surface area contributed by atoms with E-state index in [4.69, 9.17) is 4.74 Å². The molecule has 3 aliphatic heterocycles.